The van der Waals surface area contributed by atoms with Gasteiger partial charge in [0.25, 0.3) is 0 Å². The predicted molar refractivity (Wildman–Crippen MR) is 108 cm³/mol. The molecule has 1 heterocycles. The van der Waals surface area contributed by atoms with Gasteiger partial charge in [-0.2, -0.15) is 0 Å². The van der Waals surface area contributed by atoms with E-state index >= 15 is 0 Å². The van der Waals surface area contributed by atoms with Crippen molar-refractivity contribution in [1.29, 1.82) is 0 Å². The maximum atomic E-state index is 13.5. The maximum Gasteiger partial charge on any atom is 0.217 e. The van der Waals surface area contributed by atoms with Crippen LogP contribution in [0.1, 0.15) is 57.8 Å². The topological polar surface area (TPSA) is 87.4 Å². The van der Waals surface area contributed by atoms with Crippen LogP contribution in [0.3, 0.4) is 0 Å². The Morgan fingerprint density at radius 2 is 1.90 bits per heavy atom. The number of oxazole rings is 1. The molecule has 0 radical (unpaired) electrons. The van der Waals surface area contributed by atoms with Crippen LogP contribution in [0.15, 0.2) is 28.8 Å². The van der Waals surface area contributed by atoms with E-state index in [2.05, 4.69) is 15.6 Å². The lowest BCUT2D eigenvalue weighted by atomic mass is 9.94. The number of aromatic nitrogens is 1. The van der Waals surface area contributed by atoms with E-state index in [4.69, 9.17) is 4.42 Å². The molecule has 8 heteroatoms. The lowest BCUT2D eigenvalue weighted by Gasteiger charge is -2.26. The molecule has 0 saturated heterocycles. The summed E-state index contributed by atoms with van der Waals surface area (Å²) < 4.78 is 33.0. The summed E-state index contributed by atoms with van der Waals surface area (Å²) in [5, 5.41) is 16.7. The van der Waals surface area contributed by atoms with Crippen LogP contribution in [0.25, 0.3) is 0 Å². The number of aliphatic hydroxyl groups excluding tert-OH is 1. The van der Waals surface area contributed by atoms with Gasteiger partial charge in [-0.15, -0.1) is 0 Å². The first kappa shape index (κ1) is 22.4. The average molecular weight is 421 g/mol. The normalized spacial score (nSPS) is 17.4. The van der Waals surface area contributed by atoms with Gasteiger partial charge in [0, 0.05) is 24.9 Å². The van der Waals surface area contributed by atoms with Crippen molar-refractivity contribution in [2.75, 3.05) is 6.54 Å². The molecule has 0 bridgehead atoms. The highest BCUT2D eigenvalue weighted by Gasteiger charge is 2.49. The number of hydrogen-bond donors (Lipinski definition) is 3. The van der Waals surface area contributed by atoms with E-state index in [0.717, 1.165) is 24.7 Å². The summed E-state index contributed by atoms with van der Waals surface area (Å²) in [6.45, 7) is 7.63. The molecule has 1 aliphatic rings. The first-order chi connectivity index (χ1) is 14.0. The zero-order chi connectivity index (χ0) is 22.1. The molecule has 1 aliphatic carbocycles. The SMILES string of the molecule is CC(=O)N[C@@H](Cc1cc(F)cc(F)c1)[C@H](O)CNC1(c2ncc(C(C)(C)C)o2)CC1. The Bertz CT molecular complexity index is 883. The Kier molecular flexibility index (Phi) is 6.29. The number of carbonyl (C=O) groups is 1. The van der Waals surface area contributed by atoms with Crippen LogP contribution in [0.5, 0.6) is 0 Å². The number of amides is 1. The summed E-state index contributed by atoms with van der Waals surface area (Å²) in [5.41, 5.74) is -0.234. The number of rotatable bonds is 8. The van der Waals surface area contributed by atoms with Gasteiger partial charge in [-0.3, -0.25) is 4.79 Å². The quantitative estimate of drug-likeness (QED) is 0.610. The third-order valence-electron chi connectivity index (χ3n) is 5.28. The van der Waals surface area contributed by atoms with Crippen LogP contribution in [0, 0.1) is 11.6 Å². The summed E-state index contributed by atoms with van der Waals surface area (Å²) in [6.07, 6.45) is 2.49. The highest BCUT2D eigenvalue weighted by Crippen LogP contribution is 2.45. The molecule has 1 aromatic carbocycles. The Labute approximate surface area is 175 Å². The molecule has 0 spiro atoms. The van der Waals surface area contributed by atoms with Crippen LogP contribution < -0.4 is 10.6 Å². The Hall–Kier alpha value is -2.32. The number of carbonyl (C=O) groups excluding carboxylic acids is 1. The van der Waals surface area contributed by atoms with E-state index in [1.165, 1.54) is 19.1 Å². The fraction of sp³-hybridized carbons (Fsp3) is 0.545. The zero-order valence-corrected chi connectivity index (χ0v) is 17.8. The standard InChI is InChI=1S/C22H29F2N3O3/c1-13(28)27-17(9-14-7-15(23)10-16(24)8-14)18(29)11-26-22(5-6-22)20-25-12-19(30-20)21(2,3)4/h7-8,10,12,17-18,26,29H,5-6,9,11H2,1-4H3,(H,27,28)/t17-,18+/m0/s1. The lowest BCUT2D eigenvalue weighted by molar-refractivity contribution is -0.120. The molecule has 0 aliphatic heterocycles. The summed E-state index contributed by atoms with van der Waals surface area (Å²) in [6, 6.07) is 2.47. The average Bonchev–Trinajstić information content (AvgIpc) is 3.22. The number of aliphatic hydroxyl groups is 1. The van der Waals surface area contributed by atoms with Crippen LogP contribution in [0.2, 0.25) is 0 Å². The summed E-state index contributed by atoms with van der Waals surface area (Å²) in [5.74, 6) is -0.359. The zero-order valence-electron chi connectivity index (χ0n) is 17.8. The Morgan fingerprint density at radius 3 is 2.40 bits per heavy atom. The largest absolute Gasteiger partial charge is 0.443 e. The van der Waals surface area contributed by atoms with Gasteiger partial charge < -0.3 is 20.2 Å². The van der Waals surface area contributed by atoms with E-state index in [-0.39, 0.29) is 24.3 Å². The third kappa shape index (κ3) is 5.43. The van der Waals surface area contributed by atoms with Crippen molar-refractivity contribution >= 4 is 5.91 Å². The minimum atomic E-state index is -0.977. The summed E-state index contributed by atoms with van der Waals surface area (Å²) >= 11 is 0. The van der Waals surface area contributed by atoms with E-state index < -0.39 is 29.3 Å². The molecule has 1 fully saturated rings. The maximum absolute atomic E-state index is 13.5. The Balaban J connectivity index is 1.67. The molecule has 30 heavy (non-hydrogen) atoms. The third-order valence-corrected chi connectivity index (χ3v) is 5.28. The fourth-order valence-corrected chi connectivity index (χ4v) is 3.40. The molecule has 1 saturated carbocycles. The number of hydrogen-bond acceptors (Lipinski definition) is 5. The molecule has 164 valence electrons. The number of nitrogens with zero attached hydrogens (tertiary/aromatic N) is 1. The second-order valence-electron chi connectivity index (χ2n) is 9.10. The predicted octanol–water partition coefficient (Wildman–Crippen LogP) is 2.94. The Morgan fingerprint density at radius 1 is 1.27 bits per heavy atom. The van der Waals surface area contributed by atoms with Crippen molar-refractivity contribution in [2.24, 2.45) is 0 Å². The van der Waals surface area contributed by atoms with Crippen molar-refractivity contribution in [2.45, 2.75) is 70.1 Å². The van der Waals surface area contributed by atoms with Crippen molar-refractivity contribution in [3.63, 3.8) is 0 Å². The first-order valence-corrected chi connectivity index (χ1v) is 10.1. The highest BCUT2D eigenvalue weighted by molar-refractivity contribution is 5.73. The smallest absolute Gasteiger partial charge is 0.217 e. The van der Waals surface area contributed by atoms with Gasteiger partial charge in [-0.25, -0.2) is 13.8 Å². The monoisotopic (exact) mass is 421 g/mol. The van der Waals surface area contributed by atoms with Crippen LogP contribution >= 0.6 is 0 Å². The van der Waals surface area contributed by atoms with Gasteiger partial charge in [0.15, 0.2) is 0 Å². The van der Waals surface area contributed by atoms with Gasteiger partial charge in [-0.05, 0) is 37.0 Å². The molecule has 3 N–H and O–H groups in total. The van der Waals surface area contributed by atoms with Crippen LogP contribution in [-0.4, -0.2) is 34.7 Å². The second-order valence-corrected chi connectivity index (χ2v) is 9.10. The van der Waals surface area contributed by atoms with Gasteiger partial charge in [0.2, 0.25) is 11.8 Å². The van der Waals surface area contributed by atoms with E-state index in [9.17, 15) is 18.7 Å². The molecule has 1 aromatic heterocycles. The first-order valence-electron chi connectivity index (χ1n) is 10.1. The van der Waals surface area contributed by atoms with E-state index in [1.54, 1.807) is 6.20 Å². The number of nitrogens with one attached hydrogen (secondary N) is 2. The fourth-order valence-electron chi connectivity index (χ4n) is 3.40. The van der Waals surface area contributed by atoms with Crippen LogP contribution in [0.4, 0.5) is 8.78 Å². The van der Waals surface area contributed by atoms with Crippen molar-refractivity contribution < 1.29 is 23.1 Å². The van der Waals surface area contributed by atoms with Gasteiger partial charge in [-0.1, -0.05) is 20.8 Å². The second kappa shape index (κ2) is 8.43. The number of benzene rings is 1. The van der Waals surface area contributed by atoms with Crippen molar-refractivity contribution in [3.8, 4) is 0 Å². The molecule has 0 unspecified atom stereocenters. The van der Waals surface area contributed by atoms with E-state index in [0.29, 0.717) is 11.5 Å². The highest BCUT2D eigenvalue weighted by atomic mass is 19.1. The number of halogens is 2. The van der Waals surface area contributed by atoms with Crippen molar-refractivity contribution in [1.82, 2.24) is 15.6 Å². The molecular formula is C22H29F2N3O3. The van der Waals surface area contributed by atoms with Crippen molar-refractivity contribution in [3.05, 3.63) is 53.2 Å². The molecular weight excluding hydrogens is 392 g/mol. The summed E-state index contributed by atoms with van der Waals surface area (Å²) in [7, 11) is 0. The lowest BCUT2D eigenvalue weighted by Crippen LogP contribution is -2.49. The van der Waals surface area contributed by atoms with Gasteiger partial charge in [0.05, 0.1) is 23.9 Å². The molecule has 6 nitrogen and oxygen atoms in total. The van der Waals surface area contributed by atoms with E-state index in [1.807, 2.05) is 20.8 Å². The van der Waals surface area contributed by atoms with Gasteiger partial charge in [0.1, 0.15) is 17.4 Å². The molecule has 3 rings (SSSR count). The molecule has 1 amide bonds. The summed E-state index contributed by atoms with van der Waals surface area (Å²) in [4.78, 5) is 16.0. The minimum absolute atomic E-state index is 0.0945. The van der Waals surface area contributed by atoms with Gasteiger partial charge >= 0.3 is 0 Å². The minimum Gasteiger partial charge on any atom is -0.443 e. The van der Waals surface area contributed by atoms with Crippen LogP contribution in [-0.2, 0) is 22.2 Å². The molecule has 2 atom stereocenters. The molecule has 2 aromatic rings.